The second-order valence-corrected chi connectivity index (χ2v) is 5.79. The minimum absolute atomic E-state index is 0.149. The summed E-state index contributed by atoms with van der Waals surface area (Å²) in [6, 6.07) is 6.46. The molecule has 0 N–H and O–H groups in total. The highest BCUT2D eigenvalue weighted by atomic mass is 32.2. The summed E-state index contributed by atoms with van der Waals surface area (Å²) in [5.41, 5.74) is 0.585. The molecule has 0 aliphatic carbocycles. The smallest absolute Gasteiger partial charge is 0.339 e. The van der Waals surface area contributed by atoms with Gasteiger partial charge in [-0.3, -0.25) is 0 Å². The zero-order chi connectivity index (χ0) is 15.6. The number of hydrogen-bond donors (Lipinski definition) is 0. The number of rotatable bonds is 4. The van der Waals surface area contributed by atoms with Crippen LogP contribution in [0.3, 0.4) is 0 Å². The van der Waals surface area contributed by atoms with E-state index in [1.54, 1.807) is 6.92 Å². The minimum Gasteiger partial charge on any atom is -0.496 e. The van der Waals surface area contributed by atoms with Gasteiger partial charge in [-0.15, -0.1) is 0 Å². The fourth-order valence-corrected chi connectivity index (χ4v) is 2.74. The van der Waals surface area contributed by atoms with Gasteiger partial charge in [0.15, 0.2) is 11.6 Å². The third-order valence-corrected chi connectivity index (χ3v) is 3.98. The molecule has 4 nitrogen and oxygen atoms in total. The minimum atomic E-state index is -4.21. The summed E-state index contributed by atoms with van der Waals surface area (Å²) >= 11 is 0. The molecule has 2 aromatic carbocycles. The molecule has 112 valence electrons. The topological polar surface area (TPSA) is 52.6 Å². The highest BCUT2D eigenvalue weighted by Crippen LogP contribution is 2.25. The van der Waals surface area contributed by atoms with Crippen LogP contribution >= 0.6 is 0 Å². The van der Waals surface area contributed by atoms with Gasteiger partial charge < -0.3 is 8.92 Å². The summed E-state index contributed by atoms with van der Waals surface area (Å²) in [5.74, 6) is -1.96. The monoisotopic (exact) mass is 314 g/mol. The zero-order valence-electron chi connectivity index (χ0n) is 11.3. The van der Waals surface area contributed by atoms with Crippen molar-refractivity contribution in [1.29, 1.82) is 0 Å². The van der Waals surface area contributed by atoms with Crippen molar-refractivity contribution < 1.29 is 26.1 Å². The van der Waals surface area contributed by atoms with E-state index in [2.05, 4.69) is 0 Å². The number of benzene rings is 2. The highest BCUT2D eigenvalue weighted by Gasteiger charge is 2.20. The Hall–Kier alpha value is -2.15. The Bertz CT molecular complexity index is 773. The van der Waals surface area contributed by atoms with E-state index in [1.807, 2.05) is 0 Å². The first-order valence-corrected chi connectivity index (χ1v) is 7.28. The number of hydrogen-bond acceptors (Lipinski definition) is 4. The maximum absolute atomic E-state index is 13.4. The SMILES string of the molecule is COc1ccc(S(=O)(=O)Oc2ccc(F)cc2F)cc1C. The molecular formula is C14H12F2O4S. The Morgan fingerprint density at radius 3 is 2.24 bits per heavy atom. The summed E-state index contributed by atoms with van der Waals surface area (Å²) in [5, 5.41) is 0. The summed E-state index contributed by atoms with van der Waals surface area (Å²) in [7, 11) is -2.75. The van der Waals surface area contributed by atoms with Crippen LogP contribution in [0.5, 0.6) is 11.5 Å². The van der Waals surface area contributed by atoms with Crippen molar-refractivity contribution in [2.45, 2.75) is 11.8 Å². The normalized spacial score (nSPS) is 11.2. The maximum Gasteiger partial charge on any atom is 0.339 e. The summed E-state index contributed by atoms with van der Waals surface area (Å²) in [6.07, 6.45) is 0. The van der Waals surface area contributed by atoms with Gasteiger partial charge in [0.1, 0.15) is 16.5 Å². The predicted octanol–water partition coefficient (Wildman–Crippen LogP) is 3.05. The van der Waals surface area contributed by atoms with Crippen LogP contribution in [0.2, 0.25) is 0 Å². The molecule has 2 rings (SSSR count). The lowest BCUT2D eigenvalue weighted by Crippen LogP contribution is -2.11. The largest absolute Gasteiger partial charge is 0.496 e. The van der Waals surface area contributed by atoms with Crippen LogP contribution in [0, 0.1) is 18.6 Å². The molecule has 0 aromatic heterocycles. The fourth-order valence-electron chi connectivity index (χ4n) is 1.72. The molecule has 0 bridgehead atoms. The lowest BCUT2D eigenvalue weighted by Gasteiger charge is -2.10. The first-order valence-electron chi connectivity index (χ1n) is 5.87. The lowest BCUT2D eigenvalue weighted by atomic mass is 10.2. The van der Waals surface area contributed by atoms with E-state index >= 15 is 0 Å². The van der Waals surface area contributed by atoms with E-state index in [0.717, 1.165) is 12.1 Å². The van der Waals surface area contributed by atoms with Crippen molar-refractivity contribution in [3.05, 3.63) is 53.6 Å². The second-order valence-electron chi connectivity index (χ2n) is 4.24. The third kappa shape index (κ3) is 3.30. The van der Waals surface area contributed by atoms with Crippen molar-refractivity contribution in [2.75, 3.05) is 7.11 Å². The van der Waals surface area contributed by atoms with Crippen LogP contribution in [0.4, 0.5) is 8.78 Å². The second kappa shape index (κ2) is 5.69. The molecule has 0 aliphatic rings. The summed E-state index contributed by atoms with van der Waals surface area (Å²) in [6.45, 7) is 1.66. The van der Waals surface area contributed by atoms with E-state index in [4.69, 9.17) is 8.92 Å². The first kappa shape index (κ1) is 15.2. The fraction of sp³-hybridized carbons (Fsp3) is 0.143. The van der Waals surface area contributed by atoms with Gasteiger partial charge in [0.25, 0.3) is 0 Å². The number of aryl methyl sites for hydroxylation is 1. The van der Waals surface area contributed by atoms with Crippen molar-refractivity contribution in [2.24, 2.45) is 0 Å². The predicted molar refractivity (Wildman–Crippen MR) is 71.9 cm³/mol. The average Bonchev–Trinajstić information content (AvgIpc) is 2.42. The maximum atomic E-state index is 13.4. The van der Waals surface area contributed by atoms with Gasteiger partial charge in [-0.2, -0.15) is 8.42 Å². The lowest BCUT2D eigenvalue weighted by molar-refractivity contribution is 0.411. The molecule has 0 saturated carbocycles. The van der Waals surface area contributed by atoms with E-state index < -0.39 is 27.5 Å². The molecular weight excluding hydrogens is 302 g/mol. The van der Waals surface area contributed by atoms with E-state index in [9.17, 15) is 17.2 Å². The van der Waals surface area contributed by atoms with Gasteiger partial charge in [-0.05, 0) is 42.8 Å². The van der Waals surface area contributed by atoms with Gasteiger partial charge in [0, 0.05) is 6.07 Å². The molecule has 0 heterocycles. The van der Waals surface area contributed by atoms with Crippen molar-refractivity contribution >= 4 is 10.1 Å². The molecule has 7 heteroatoms. The van der Waals surface area contributed by atoms with Gasteiger partial charge in [0.05, 0.1) is 7.11 Å². The van der Waals surface area contributed by atoms with Gasteiger partial charge >= 0.3 is 10.1 Å². The van der Waals surface area contributed by atoms with Crippen molar-refractivity contribution in [3.8, 4) is 11.5 Å². The highest BCUT2D eigenvalue weighted by molar-refractivity contribution is 7.87. The molecule has 0 unspecified atom stereocenters. The van der Waals surface area contributed by atoms with Crippen LogP contribution < -0.4 is 8.92 Å². The standard InChI is InChI=1S/C14H12F2O4S/c1-9-7-11(4-6-13(9)19-2)21(17,18)20-14-5-3-10(15)8-12(14)16/h3-8H,1-2H3. The average molecular weight is 314 g/mol. The molecule has 0 spiro atoms. The Kier molecular flexibility index (Phi) is 4.13. The van der Waals surface area contributed by atoms with Crippen LogP contribution in [0.25, 0.3) is 0 Å². The molecule has 0 fully saturated rings. The van der Waals surface area contributed by atoms with Crippen LogP contribution in [0.1, 0.15) is 5.56 Å². The van der Waals surface area contributed by atoms with Crippen molar-refractivity contribution in [1.82, 2.24) is 0 Å². The van der Waals surface area contributed by atoms with E-state index in [-0.39, 0.29) is 4.90 Å². The molecule has 0 radical (unpaired) electrons. The molecule has 2 aromatic rings. The quantitative estimate of drug-likeness (QED) is 0.814. The Morgan fingerprint density at radius 2 is 1.67 bits per heavy atom. The zero-order valence-corrected chi connectivity index (χ0v) is 12.1. The van der Waals surface area contributed by atoms with E-state index in [1.165, 1.54) is 25.3 Å². The summed E-state index contributed by atoms with van der Waals surface area (Å²) < 4.78 is 60.1. The van der Waals surface area contributed by atoms with E-state index in [0.29, 0.717) is 17.4 Å². The third-order valence-electron chi connectivity index (χ3n) is 2.75. The van der Waals surface area contributed by atoms with Gasteiger partial charge in [-0.25, -0.2) is 8.78 Å². The van der Waals surface area contributed by atoms with Gasteiger partial charge in [-0.1, -0.05) is 0 Å². The van der Waals surface area contributed by atoms with Crippen LogP contribution in [0.15, 0.2) is 41.3 Å². The Labute approximate surface area is 121 Å². The molecule has 0 saturated heterocycles. The van der Waals surface area contributed by atoms with Crippen molar-refractivity contribution in [3.63, 3.8) is 0 Å². The Balaban J connectivity index is 2.36. The summed E-state index contributed by atoms with van der Waals surface area (Å²) in [4.78, 5) is -0.149. The van der Waals surface area contributed by atoms with Crippen LogP contribution in [-0.4, -0.2) is 15.5 Å². The number of halogens is 2. The number of ether oxygens (including phenoxy) is 1. The molecule has 0 atom stereocenters. The first-order chi connectivity index (χ1) is 9.83. The van der Waals surface area contributed by atoms with Gasteiger partial charge in [0.2, 0.25) is 0 Å². The molecule has 21 heavy (non-hydrogen) atoms. The Morgan fingerprint density at radius 1 is 1.00 bits per heavy atom. The molecule has 0 aliphatic heterocycles. The molecule has 0 amide bonds. The number of methoxy groups -OCH3 is 1. The van der Waals surface area contributed by atoms with Crippen LogP contribution in [-0.2, 0) is 10.1 Å².